The molecule has 19 heavy (non-hydrogen) atoms. The first-order chi connectivity index (χ1) is 9.11. The molecule has 2 fully saturated rings. The van der Waals surface area contributed by atoms with E-state index in [-0.39, 0.29) is 11.5 Å². The Bertz CT molecular complexity index is 471. The fourth-order valence-corrected chi connectivity index (χ4v) is 3.68. The van der Waals surface area contributed by atoms with Gasteiger partial charge in [0.15, 0.2) is 0 Å². The second-order valence-corrected chi connectivity index (χ2v) is 6.51. The average Bonchev–Trinajstić information content (AvgIpc) is 2.39. The Labute approximate surface area is 123 Å². The van der Waals surface area contributed by atoms with Gasteiger partial charge in [-0.25, -0.2) is 0 Å². The molecule has 4 heteroatoms. The lowest BCUT2D eigenvalue weighted by Gasteiger charge is -2.48. The molecule has 1 saturated heterocycles. The van der Waals surface area contributed by atoms with Gasteiger partial charge in [0.1, 0.15) is 0 Å². The molecule has 1 N–H and O–H groups in total. The van der Waals surface area contributed by atoms with Gasteiger partial charge in [-0.2, -0.15) is 0 Å². The van der Waals surface area contributed by atoms with Gasteiger partial charge in [-0.1, -0.05) is 35.3 Å². The summed E-state index contributed by atoms with van der Waals surface area (Å²) >= 11 is 12.2. The number of benzene rings is 1. The molecule has 1 aliphatic carbocycles. The van der Waals surface area contributed by atoms with Gasteiger partial charge in [-0.05, 0) is 44.1 Å². The molecular weight excluding hydrogens is 283 g/mol. The Morgan fingerprint density at radius 1 is 1.32 bits per heavy atom. The van der Waals surface area contributed by atoms with Crippen molar-refractivity contribution < 1.29 is 9.84 Å². The van der Waals surface area contributed by atoms with Crippen LogP contribution in [0.15, 0.2) is 18.2 Å². The van der Waals surface area contributed by atoms with E-state index in [1.807, 2.05) is 12.1 Å². The van der Waals surface area contributed by atoms with Crippen LogP contribution in [0.5, 0.6) is 0 Å². The summed E-state index contributed by atoms with van der Waals surface area (Å²) in [4.78, 5) is 0. The maximum Gasteiger partial charge on any atom is 0.0835 e. The maximum absolute atomic E-state index is 10.6. The largest absolute Gasteiger partial charge is 0.388 e. The van der Waals surface area contributed by atoms with Gasteiger partial charge in [-0.3, -0.25) is 0 Å². The van der Waals surface area contributed by atoms with Crippen molar-refractivity contribution in [2.24, 2.45) is 5.92 Å². The van der Waals surface area contributed by atoms with Gasteiger partial charge in [0.2, 0.25) is 0 Å². The van der Waals surface area contributed by atoms with E-state index in [4.69, 9.17) is 27.9 Å². The third-order valence-electron chi connectivity index (χ3n) is 4.54. The summed E-state index contributed by atoms with van der Waals surface area (Å²) in [5, 5.41) is 11.6. The quantitative estimate of drug-likeness (QED) is 0.878. The molecule has 1 spiro atoms. The molecule has 1 heterocycles. The highest BCUT2D eigenvalue weighted by Crippen LogP contribution is 2.48. The van der Waals surface area contributed by atoms with Crippen LogP contribution in [0.3, 0.4) is 0 Å². The number of hydrogen-bond donors (Lipinski definition) is 1. The van der Waals surface area contributed by atoms with Crippen molar-refractivity contribution >= 4 is 23.2 Å². The normalized spacial score (nSPS) is 27.0. The van der Waals surface area contributed by atoms with Crippen LogP contribution in [-0.4, -0.2) is 17.3 Å². The molecule has 0 radical (unpaired) electrons. The Kier molecular flexibility index (Phi) is 3.78. The Hall–Kier alpha value is -0.280. The third-order valence-corrected chi connectivity index (χ3v) is 5.38. The highest BCUT2D eigenvalue weighted by molar-refractivity contribution is 6.42. The zero-order chi connectivity index (χ0) is 13.5. The first-order valence-electron chi connectivity index (χ1n) is 6.87. The minimum absolute atomic E-state index is 0.0367. The highest BCUT2D eigenvalue weighted by Gasteiger charge is 2.44. The number of aliphatic hydroxyl groups excluding tert-OH is 1. The zero-order valence-corrected chi connectivity index (χ0v) is 12.3. The van der Waals surface area contributed by atoms with Crippen LogP contribution in [0.2, 0.25) is 10.0 Å². The standard InChI is InChI=1S/C15H18Cl2O2/c16-12-4-1-3-11(13(12)17)14(18)10-5-8-19-15(9-10)6-2-7-15/h1,3-4,10,14,18H,2,5-9H2. The molecule has 0 aromatic heterocycles. The molecule has 2 aliphatic rings. The van der Waals surface area contributed by atoms with E-state index in [9.17, 15) is 5.11 Å². The fraction of sp³-hybridized carbons (Fsp3) is 0.600. The van der Waals surface area contributed by atoms with Crippen LogP contribution in [0.25, 0.3) is 0 Å². The van der Waals surface area contributed by atoms with E-state index in [1.54, 1.807) is 6.07 Å². The van der Waals surface area contributed by atoms with Crippen molar-refractivity contribution in [2.45, 2.75) is 43.8 Å². The van der Waals surface area contributed by atoms with Crippen LogP contribution < -0.4 is 0 Å². The lowest BCUT2D eigenvalue weighted by Crippen LogP contribution is -2.46. The molecular formula is C15H18Cl2O2. The van der Waals surface area contributed by atoms with Crippen molar-refractivity contribution in [3.05, 3.63) is 33.8 Å². The van der Waals surface area contributed by atoms with Crippen molar-refractivity contribution in [1.29, 1.82) is 0 Å². The lowest BCUT2D eigenvalue weighted by molar-refractivity contribution is -0.157. The van der Waals surface area contributed by atoms with Gasteiger partial charge in [0.25, 0.3) is 0 Å². The van der Waals surface area contributed by atoms with Crippen LogP contribution in [0.1, 0.15) is 43.8 Å². The van der Waals surface area contributed by atoms with E-state index in [0.717, 1.165) is 37.9 Å². The molecule has 2 unspecified atom stereocenters. The van der Waals surface area contributed by atoms with Gasteiger partial charge < -0.3 is 9.84 Å². The molecule has 1 aromatic rings. The van der Waals surface area contributed by atoms with Gasteiger partial charge in [0, 0.05) is 12.2 Å². The topological polar surface area (TPSA) is 29.5 Å². The van der Waals surface area contributed by atoms with E-state index in [1.165, 1.54) is 6.42 Å². The third kappa shape index (κ3) is 2.52. The Balaban J connectivity index is 1.79. The van der Waals surface area contributed by atoms with E-state index < -0.39 is 6.10 Å². The first kappa shape index (κ1) is 13.7. The summed E-state index contributed by atoms with van der Waals surface area (Å²) in [6, 6.07) is 5.45. The number of ether oxygens (including phenoxy) is 1. The lowest BCUT2D eigenvalue weighted by atomic mass is 9.70. The van der Waals surface area contributed by atoms with Crippen LogP contribution in [-0.2, 0) is 4.74 Å². The number of rotatable bonds is 2. The van der Waals surface area contributed by atoms with Crippen LogP contribution in [0.4, 0.5) is 0 Å². The number of halogens is 2. The fourth-order valence-electron chi connectivity index (χ4n) is 3.26. The van der Waals surface area contributed by atoms with Gasteiger partial charge in [0.05, 0.1) is 21.8 Å². The van der Waals surface area contributed by atoms with Crippen LogP contribution in [0, 0.1) is 5.92 Å². The predicted octanol–water partition coefficient (Wildman–Crippen LogP) is 4.38. The molecule has 104 valence electrons. The SMILES string of the molecule is OC(c1cccc(Cl)c1Cl)C1CCOC2(CCC2)C1. The van der Waals surface area contributed by atoms with Gasteiger partial charge >= 0.3 is 0 Å². The van der Waals surface area contributed by atoms with Crippen molar-refractivity contribution in [3.8, 4) is 0 Å². The second-order valence-electron chi connectivity index (χ2n) is 5.73. The second kappa shape index (κ2) is 5.25. The predicted molar refractivity (Wildman–Crippen MR) is 76.7 cm³/mol. The van der Waals surface area contributed by atoms with E-state index >= 15 is 0 Å². The van der Waals surface area contributed by atoms with Crippen LogP contribution >= 0.6 is 23.2 Å². The summed E-state index contributed by atoms with van der Waals surface area (Å²) in [5.41, 5.74) is 0.783. The number of aliphatic hydroxyl groups is 1. The summed E-state index contributed by atoms with van der Waals surface area (Å²) in [6.07, 6.45) is 4.75. The Morgan fingerprint density at radius 3 is 2.79 bits per heavy atom. The number of hydrogen-bond acceptors (Lipinski definition) is 2. The minimum atomic E-state index is -0.549. The van der Waals surface area contributed by atoms with Gasteiger partial charge in [-0.15, -0.1) is 0 Å². The molecule has 1 aliphatic heterocycles. The summed E-state index contributed by atoms with van der Waals surface area (Å²) in [7, 11) is 0. The molecule has 1 saturated carbocycles. The smallest absolute Gasteiger partial charge is 0.0835 e. The van der Waals surface area contributed by atoms with Crippen molar-refractivity contribution in [1.82, 2.24) is 0 Å². The molecule has 1 aromatic carbocycles. The highest BCUT2D eigenvalue weighted by atomic mass is 35.5. The summed E-state index contributed by atoms with van der Waals surface area (Å²) < 4.78 is 5.90. The zero-order valence-electron chi connectivity index (χ0n) is 10.7. The first-order valence-corrected chi connectivity index (χ1v) is 7.63. The van der Waals surface area contributed by atoms with E-state index in [2.05, 4.69) is 0 Å². The van der Waals surface area contributed by atoms with E-state index in [0.29, 0.717) is 10.0 Å². The molecule has 0 bridgehead atoms. The Morgan fingerprint density at radius 2 is 2.11 bits per heavy atom. The molecule has 2 atom stereocenters. The maximum atomic E-state index is 10.6. The average molecular weight is 301 g/mol. The summed E-state index contributed by atoms with van der Waals surface area (Å²) in [5.74, 6) is 0.213. The molecule has 0 amide bonds. The van der Waals surface area contributed by atoms with Crippen molar-refractivity contribution in [2.75, 3.05) is 6.61 Å². The molecule has 3 rings (SSSR count). The van der Waals surface area contributed by atoms with Crippen molar-refractivity contribution in [3.63, 3.8) is 0 Å². The minimum Gasteiger partial charge on any atom is -0.388 e. The molecule has 2 nitrogen and oxygen atoms in total. The monoisotopic (exact) mass is 300 g/mol. The summed E-state index contributed by atoms with van der Waals surface area (Å²) in [6.45, 7) is 0.736.